The Hall–Kier alpha value is -3.17. The van der Waals surface area contributed by atoms with Gasteiger partial charge in [-0.15, -0.1) is 0 Å². The van der Waals surface area contributed by atoms with Crippen molar-refractivity contribution in [1.29, 1.82) is 0 Å². The van der Waals surface area contributed by atoms with Gasteiger partial charge in [0.25, 0.3) is 0 Å². The number of hydrogen-bond acceptors (Lipinski definition) is 6. The third-order valence-corrected chi connectivity index (χ3v) is 4.50. The summed E-state index contributed by atoms with van der Waals surface area (Å²) in [4.78, 5) is 12.3. The molecule has 0 bridgehead atoms. The van der Waals surface area contributed by atoms with Gasteiger partial charge in [0.05, 0.1) is 11.4 Å². The fourth-order valence-electron chi connectivity index (χ4n) is 2.31. The molecule has 9 heteroatoms. The first kappa shape index (κ1) is 17.6. The molecular weight excluding hydrogens is 352 g/mol. The van der Waals surface area contributed by atoms with E-state index in [0.29, 0.717) is 23.4 Å². The van der Waals surface area contributed by atoms with Gasteiger partial charge in [-0.05, 0) is 36.5 Å². The molecule has 0 saturated heterocycles. The number of hydrogen-bond donors (Lipinski definition) is 2. The topological polar surface area (TPSA) is 126 Å². The predicted octanol–water partition coefficient (Wildman–Crippen LogP) is 2.40. The Morgan fingerprint density at radius 2 is 2.00 bits per heavy atom. The summed E-state index contributed by atoms with van der Waals surface area (Å²) in [7, 11) is -3.82. The van der Waals surface area contributed by atoms with Crippen LogP contribution >= 0.6 is 0 Å². The summed E-state index contributed by atoms with van der Waals surface area (Å²) < 4.78 is 23.0. The molecule has 3 aromatic rings. The van der Waals surface area contributed by atoms with Gasteiger partial charge in [-0.1, -0.05) is 6.07 Å². The number of pyridine rings is 1. The molecule has 0 amide bonds. The minimum atomic E-state index is -3.82. The number of primary sulfonamides is 1. The van der Waals surface area contributed by atoms with Crippen LogP contribution in [-0.2, 0) is 16.4 Å². The molecule has 0 saturated carbocycles. The average Bonchev–Trinajstić information content (AvgIpc) is 3.15. The third-order valence-electron chi connectivity index (χ3n) is 3.62. The van der Waals surface area contributed by atoms with E-state index in [4.69, 9.17) is 5.14 Å². The van der Waals surface area contributed by atoms with E-state index in [0.717, 1.165) is 11.3 Å². The van der Waals surface area contributed by atoms with Crippen LogP contribution in [0.3, 0.4) is 0 Å². The molecule has 1 aromatic carbocycles. The number of sulfonamides is 1. The Bertz CT molecular complexity index is 1060. The molecule has 132 valence electrons. The van der Waals surface area contributed by atoms with Crippen LogP contribution in [0.2, 0.25) is 0 Å². The van der Waals surface area contributed by atoms with Crippen molar-refractivity contribution >= 4 is 34.3 Å². The number of nitrogens with zero attached hydrogens (tertiary/aromatic N) is 4. The highest BCUT2D eigenvalue weighted by atomic mass is 32.2. The van der Waals surface area contributed by atoms with Gasteiger partial charge in [0.15, 0.2) is 0 Å². The Kier molecular flexibility index (Phi) is 5.01. The standard InChI is InChI=1S/C17H16N6O2S/c1-19-17-9-12(13-8-15(11-20-10-13)26(18,24)25)2-3-16(17)21-6-4-14-5-7-22-23-14/h2-3,5-11H,1,4H2,(H,22,23)(H2,18,24,25). The molecule has 3 rings (SSSR count). The maximum Gasteiger partial charge on any atom is 0.239 e. The van der Waals surface area contributed by atoms with E-state index in [1.165, 1.54) is 12.3 Å². The van der Waals surface area contributed by atoms with Crippen LogP contribution in [-0.4, -0.2) is 36.5 Å². The molecule has 3 N–H and O–H groups in total. The molecule has 0 unspecified atom stereocenters. The van der Waals surface area contributed by atoms with Crippen molar-refractivity contribution in [3.8, 4) is 11.1 Å². The summed E-state index contributed by atoms with van der Waals surface area (Å²) in [5.74, 6) is 0. The summed E-state index contributed by atoms with van der Waals surface area (Å²) in [5, 5.41) is 11.9. The molecule has 0 atom stereocenters. The maximum absolute atomic E-state index is 11.5. The summed E-state index contributed by atoms with van der Waals surface area (Å²) >= 11 is 0. The molecule has 0 aliphatic heterocycles. The first-order valence-corrected chi connectivity index (χ1v) is 9.12. The average molecular weight is 368 g/mol. The van der Waals surface area contributed by atoms with E-state index in [9.17, 15) is 8.42 Å². The van der Waals surface area contributed by atoms with Gasteiger partial charge in [0.1, 0.15) is 4.90 Å². The molecule has 2 heterocycles. The van der Waals surface area contributed by atoms with E-state index in [2.05, 4.69) is 31.9 Å². The van der Waals surface area contributed by atoms with Crippen LogP contribution in [0.1, 0.15) is 5.69 Å². The lowest BCUT2D eigenvalue weighted by Gasteiger charge is -2.06. The van der Waals surface area contributed by atoms with Crippen molar-refractivity contribution in [2.75, 3.05) is 0 Å². The number of aromatic amines is 1. The van der Waals surface area contributed by atoms with Crippen molar-refractivity contribution in [2.24, 2.45) is 15.1 Å². The van der Waals surface area contributed by atoms with Crippen LogP contribution in [0.4, 0.5) is 11.4 Å². The van der Waals surface area contributed by atoms with Gasteiger partial charge in [-0.25, -0.2) is 13.6 Å². The first-order valence-electron chi connectivity index (χ1n) is 7.57. The zero-order valence-corrected chi connectivity index (χ0v) is 14.5. The van der Waals surface area contributed by atoms with Crippen LogP contribution in [0.25, 0.3) is 11.1 Å². The molecule has 0 radical (unpaired) electrons. The Morgan fingerprint density at radius 3 is 2.69 bits per heavy atom. The second-order valence-electron chi connectivity index (χ2n) is 5.41. The zero-order valence-electron chi connectivity index (χ0n) is 13.7. The Balaban J connectivity index is 1.89. The summed E-state index contributed by atoms with van der Waals surface area (Å²) in [5.41, 5.74) is 3.51. The summed E-state index contributed by atoms with van der Waals surface area (Å²) in [6.07, 6.45) is 6.80. The van der Waals surface area contributed by atoms with Gasteiger partial charge < -0.3 is 0 Å². The van der Waals surface area contributed by atoms with Crippen LogP contribution in [0.15, 0.2) is 63.8 Å². The van der Waals surface area contributed by atoms with Gasteiger partial charge in [0.2, 0.25) is 10.0 Å². The number of benzene rings is 1. The highest BCUT2D eigenvalue weighted by Gasteiger charge is 2.11. The van der Waals surface area contributed by atoms with Crippen molar-refractivity contribution in [2.45, 2.75) is 11.3 Å². The lowest BCUT2D eigenvalue weighted by atomic mass is 10.1. The quantitative estimate of drug-likeness (QED) is 0.648. The number of nitrogens with two attached hydrogens (primary N) is 1. The summed E-state index contributed by atoms with van der Waals surface area (Å²) in [6.45, 7) is 3.57. The third kappa shape index (κ3) is 4.08. The normalized spacial score (nSPS) is 11.7. The van der Waals surface area contributed by atoms with Gasteiger partial charge in [0, 0.05) is 42.5 Å². The van der Waals surface area contributed by atoms with Crippen molar-refractivity contribution < 1.29 is 8.42 Å². The molecule has 8 nitrogen and oxygen atoms in total. The van der Waals surface area contributed by atoms with Crippen molar-refractivity contribution in [1.82, 2.24) is 15.2 Å². The highest BCUT2D eigenvalue weighted by Crippen LogP contribution is 2.33. The second kappa shape index (κ2) is 7.38. The van der Waals surface area contributed by atoms with Crippen molar-refractivity contribution in [3.05, 3.63) is 54.6 Å². The molecule has 0 aliphatic rings. The first-order chi connectivity index (χ1) is 12.5. The largest absolute Gasteiger partial charge is 0.282 e. The molecular formula is C17H16N6O2S. The molecule has 0 spiro atoms. The van der Waals surface area contributed by atoms with E-state index < -0.39 is 10.0 Å². The molecule has 26 heavy (non-hydrogen) atoms. The highest BCUT2D eigenvalue weighted by molar-refractivity contribution is 7.89. The molecule has 2 aromatic heterocycles. The number of nitrogens with one attached hydrogen (secondary N) is 1. The molecule has 0 aliphatic carbocycles. The van der Waals surface area contributed by atoms with Crippen LogP contribution in [0.5, 0.6) is 0 Å². The van der Waals surface area contributed by atoms with Crippen LogP contribution in [0, 0.1) is 0 Å². The van der Waals surface area contributed by atoms with E-state index in [1.54, 1.807) is 30.7 Å². The van der Waals surface area contributed by atoms with E-state index in [-0.39, 0.29) is 4.90 Å². The van der Waals surface area contributed by atoms with Crippen molar-refractivity contribution in [3.63, 3.8) is 0 Å². The van der Waals surface area contributed by atoms with Gasteiger partial charge in [-0.2, -0.15) is 5.10 Å². The number of aliphatic imine (C=N–C) groups is 2. The lowest BCUT2D eigenvalue weighted by Crippen LogP contribution is -2.12. The number of H-pyrrole nitrogens is 1. The fraction of sp³-hybridized carbons (Fsp3) is 0.0588. The van der Waals surface area contributed by atoms with Gasteiger partial charge in [-0.3, -0.25) is 20.1 Å². The minimum absolute atomic E-state index is 0.0511. The Labute approximate surface area is 150 Å². The fourth-order valence-corrected chi connectivity index (χ4v) is 2.81. The predicted molar refractivity (Wildman–Crippen MR) is 101 cm³/mol. The lowest BCUT2D eigenvalue weighted by molar-refractivity contribution is 0.597. The monoisotopic (exact) mass is 368 g/mol. The number of rotatable bonds is 6. The Morgan fingerprint density at radius 1 is 1.15 bits per heavy atom. The SMILES string of the molecule is C=Nc1cc(-c2cncc(S(N)(=O)=O)c2)ccc1N=CCc1ccn[nH]1. The zero-order chi connectivity index (χ0) is 18.6. The smallest absolute Gasteiger partial charge is 0.239 e. The number of aromatic nitrogens is 3. The molecule has 0 fully saturated rings. The van der Waals surface area contributed by atoms with E-state index in [1.807, 2.05) is 12.1 Å². The maximum atomic E-state index is 11.5. The van der Waals surface area contributed by atoms with E-state index >= 15 is 0 Å². The summed E-state index contributed by atoms with van der Waals surface area (Å²) in [6, 6.07) is 8.69. The van der Waals surface area contributed by atoms with Gasteiger partial charge >= 0.3 is 0 Å². The minimum Gasteiger partial charge on any atom is -0.282 e. The van der Waals surface area contributed by atoms with Crippen LogP contribution < -0.4 is 5.14 Å². The second-order valence-corrected chi connectivity index (χ2v) is 6.98.